The average Bonchev–Trinajstić information content (AvgIpc) is 2.24. The van der Waals surface area contributed by atoms with Crippen LogP contribution in [0.4, 0.5) is 0 Å². The predicted octanol–water partition coefficient (Wildman–Crippen LogP) is 0.845. The van der Waals surface area contributed by atoms with Gasteiger partial charge in [0.2, 0.25) is 4.90 Å². The Morgan fingerprint density at radius 3 is 2.54 bits per heavy atom. The van der Waals surface area contributed by atoms with Crippen molar-refractivity contribution in [1.82, 2.24) is 9.78 Å². The minimum atomic E-state index is -1.24. The van der Waals surface area contributed by atoms with Gasteiger partial charge in [-0.2, -0.15) is 5.10 Å². The van der Waals surface area contributed by atoms with Crippen molar-refractivity contribution in [1.29, 1.82) is 0 Å². The van der Waals surface area contributed by atoms with Crippen molar-refractivity contribution in [2.24, 2.45) is 7.05 Å². The maximum atomic E-state index is 11.3. The normalized spacial score (nSPS) is 13.0. The lowest BCUT2D eigenvalue weighted by atomic mass is 10.4. The van der Waals surface area contributed by atoms with E-state index in [4.69, 9.17) is 11.6 Å². The van der Waals surface area contributed by atoms with E-state index in [1.807, 2.05) is 0 Å². The highest BCUT2D eigenvalue weighted by Gasteiger charge is 2.25. The first-order valence-corrected chi connectivity index (χ1v) is 5.45. The summed E-state index contributed by atoms with van der Waals surface area (Å²) in [5, 5.41) is 3.34. The van der Waals surface area contributed by atoms with Gasteiger partial charge < -0.3 is 4.55 Å². The molecule has 0 N–H and O–H groups in total. The third-order valence-electron chi connectivity index (χ3n) is 1.64. The maximum Gasteiger partial charge on any atom is 0.275 e. The molecule has 1 rings (SSSR count). The number of carbonyl (C=O) groups excluding carboxylic acids is 1. The molecule has 0 radical (unpaired) electrons. The molecule has 0 fully saturated rings. The highest BCUT2D eigenvalue weighted by Crippen LogP contribution is 2.20. The van der Waals surface area contributed by atoms with E-state index < -0.39 is 16.4 Å². The molecule has 13 heavy (non-hydrogen) atoms. The topological polar surface area (TPSA) is 58.0 Å². The number of rotatable bonds is 2. The molecule has 72 valence electrons. The standard InChI is InChI=1S/C7H9ClN2O2S/c1-4-6(13(3)12)5(7(8)11)10(2)9-4/h1-3H3. The highest BCUT2D eigenvalue weighted by molar-refractivity contribution is 7.90. The molecule has 0 aliphatic rings. The molecule has 0 spiro atoms. The van der Waals surface area contributed by atoms with E-state index >= 15 is 0 Å². The maximum absolute atomic E-state index is 11.3. The van der Waals surface area contributed by atoms with E-state index in [1.54, 1.807) is 14.0 Å². The minimum Gasteiger partial charge on any atom is -0.612 e. The van der Waals surface area contributed by atoms with Gasteiger partial charge in [0.05, 0.1) is 0 Å². The third-order valence-corrected chi connectivity index (χ3v) is 2.88. The van der Waals surface area contributed by atoms with Crippen LogP contribution in [0.1, 0.15) is 16.2 Å². The van der Waals surface area contributed by atoms with Gasteiger partial charge in [-0.25, -0.2) is 0 Å². The summed E-state index contributed by atoms with van der Waals surface area (Å²) < 4.78 is 12.6. The number of carbonyl (C=O) groups is 1. The lowest BCUT2D eigenvalue weighted by molar-refractivity contribution is 0.107. The molecular weight excluding hydrogens is 212 g/mol. The molecule has 1 atom stereocenters. The Hall–Kier alpha value is -0.520. The van der Waals surface area contributed by atoms with Crippen molar-refractivity contribution in [3.8, 4) is 0 Å². The van der Waals surface area contributed by atoms with Crippen molar-refractivity contribution in [3.05, 3.63) is 11.4 Å². The van der Waals surface area contributed by atoms with E-state index in [-0.39, 0.29) is 5.69 Å². The van der Waals surface area contributed by atoms with Crippen LogP contribution in [0.5, 0.6) is 0 Å². The number of halogens is 1. The third kappa shape index (κ3) is 1.87. The summed E-state index contributed by atoms with van der Waals surface area (Å²) in [7, 11) is 1.60. The molecule has 0 amide bonds. The number of aryl methyl sites for hydroxylation is 2. The Morgan fingerprint density at radius 1 is 1.69 bits per heavy atom. The van der Waals surface area contributed by atoms with E-state index in [1.165, 1.54) is 10.9 Å². The lowest BCUT2D eigenvalue weighted by Gasteiger charge is -2.03. The van der Waals surface area contributed by atoms with Crippen LogP contribution in [0.3, 0.4) is 0 Å². The zero-order chi connectivity index (χ0) is 10.2. The summed E-state index contributed by atoms with van der Waals surface area (Å²) in [5.41, 5.74) is 0.785. The summed E-state index contributed by atoms with van der Waals surface area (Å²) in [6, 6.07) is 0. The van der Waals surface area contributed by atoms with Crippen LogP contribution in [0.25, 0.3) is 0 Å². The molecule has 1 unspecified atom stereocenters. The van der Waals surface area contributed by atoms with Crippen molar-refractivity contribution >= 4 is 28.0 Å². The van der Waals surface area contributed by atoms with Crippen molar-refractivity contribution in [2.45, 2.75) is 11.8 Å². The first kappa shape index (κ1) is 10.6. The molecule has 0 bridgehead atoms. The Labute approximate surface area is 84.1 Å². The molecule has 1 aromatic rings. The Bertz CT molecular complexity index is 349. The van der Waals surface area contributed by atoms with Gasteiger partial charge in [-0.3, -0.25) is 9.48 Å². The smallest absolute Gasteiger partial charge is 0.275 e. The Balaban J connectivity index is 3.38. The fraction of sp³-hybridized carbons (Fsp3) is 0.429. The van der Waals surface area contributed by atoms with Gasteiger partial charge >= 0.3 is 0 Å². The first-order chi connectivity index (χ1) is 5.95. The molecule has 0 saturated heterocycles. The van der Waals surface area contributed by atoms with Crippen molar-refractivity contribution in [3.63, 3.8) is 0 Å². The van der Waals surface area contributed by atoms with E-state index in [9.17, 15) is 9.35 Å². The van der Waals surface area contributed by atoms with Crippen LogP contribution < -0.4 is 0 Å². The molecule has 1 heterocycles. The van der Waals surface area contributed by atoms with E-state index in [0.29, 0.717) is 10.6 Å². The second kappa shape index (κ2) is 3.69. The SMILES string of the molecule is Cc1nn(C)c(C(=O)Cl)c1[S+](C)[O-]. The number of hydrogen-bond acceptors (Lipinski definition) is 3. The van der Waals surface area contributed by atoms with Crippen LogP contribution in [0.15, 0.2) is 4.90 Å². The quantitative estimate of drug-likeness (QED) is 0.548. The van der Waals surface area contributed by atoms with Crippen LogP contribution in [0.2, 0.25) is 0 Å². The molecule has 4 nitrogen and oxygen atoms in total. The zero-order valence-electron chi connectivity index (χ0n) is 7.50. The van der Waals surface area contributed by atoms with Crippen molar-refractivity contribution in [2.75, 3.05) is 6.26 Å². The summed E-state index contributed by atoms with van der Waals surface area (Å²) in [5.74, 6) is 0. The zero-order valence-corrected chi connectivity index (χ0v) is 9.07. The lowest BCUT2D eigenvalue weighted by Crippen LogP contribution is -2.07. The fourth-order valence-electron chi connectivity index (χ4n) is 1.20. The van der Waals surface area contributed by atoms with Gasteiger partial charge in [0, 0.05) is 7.05 Å². The van der Waals surface area contributed by atoms with Gasteiger partial charge in [0.15, 0.2) is 5.69 Å². The molecule has 0 aliphatic heterocycles. The molecule has 6 heteroatoms. The molecule has 0 aromatic carbocycles. The van der Waals surface area contributed by atoms with E-state index in [0.717, 1.165) is 0 Å². The fourth-order valence-corrected chi connectivity index (χ4v) is 2.43. The van der Waals surface area contributed by atoms with Gasteiger partial charge in [0.1, 0.15) is 11.9 Å². The second-order valence-electron chi connectivity index (χ2n) is 2.61. The number of aromatic nitrogens is 2. The van der Waals surface area contributed by atoms with Crippen LogP contribution in [-0.2, 0) is 18.2 Å². The Morgan fingerprint density at radius 2 is 2.23 bits per heavy atom. The summed E-state index contributed by atoms with van der Waals surface area (Å²) in [6.45, 7) is 1.69. The molecule has 0 aliphatic carbocycles. The minimum absolute atomic E-state index is 0.208. The highest BCUT2D eigenvalue weighted by atomic mass is 35.5. The van der Waals surface area contributed by atoms with Gasteiger partial charge in [-0.1, -0.05) is 0 Å². The second-order valence-corrected chi connectivity index (χ2v) is 4.27. The van der Waals surface area contributed by atoms with Gasteiger partial charge in [-0.15, -0.1) is 0 Å². The van der Waals surface area contributed by atoms with Crippen LogP contribution >= 0.6 is 11.6 Å². The summed E-state index contributed by atoms with van der Waals surface area (Å²) in [6.07, 6.45) is 1.49. The Kier molecular flexibility index (Phi) is 3.00. The molecule has 1 aromatic heterocycles. The predicted molar refractivity (Wildman–Crippen MR) is 50.5 cm³/mol. The average molecular weight is 221 g/mol. The van der Waals surface area contributed by atoms with Gasteiger partial charge in [0.25, 0.3) is 5.24 Å². The number of hydrogen-bond donors (Lipinski definition) is 0. The molecular formula is C7H9ClN2O2S. The van der Waals surface area contributed by atoms with E-state index in [2.05, 4.69) is 5.10 Å². The van der Waals surface area contributed by atoms with Gasteiger partial charge in [-0.05, 0) is 29.7 Å². The monoisotopic (exact) mass is 220 g/mol. The van der Waals surface area contributed by atoms with Crippen LogP contribution in [-0.4, -0.2) is 25.8 Å². The largest absolute Gasteiger partial charge is 0.612 e. The first-order valence-electron chi connectivity index (χ1n) is 3.52. The summed E-state index contributed by atoms with van der Waals surface area (Å²) >= 11 is 4.10. The van der Waals surface area contributed by atoms with Crippen LogP contribution in [0, 0.1) is 6.92 Å². The molecule has 0 saturated carbocycles. The number of nitrogens with zero attached hydrogens (tertiary/aromatic N) is 2. The summed E-state index contributed by atoms with van der Waals surface area (Å²) in [4.78, 5) is 11.4. The van der Waals surface area contributed by atoms with Crippen molar-refractivity contribution < 1.29 is 9.35 Å².